The molecule has 0 aliphatic rings. The van der Waals surface area contributed by atoms with E-state index in [2.05, 4.69) is 26.6 Å². The average Bonchev–Trinajstić information content (AvgIpc) is 2.58. The quantitative estimate of drug-likeness (QED) is 0.720. The Morgan fingerprint density at radius 3 is 2.56 bits per heavy atom. The SMILES string of the molecule is CC(C)CNC(=O)c1ccccc1NC(=O)CCc1cccc(Br)c1. The lowest BCUT2D eigenvalue weighted by Gasteiger charge is -2.12. The molecule has 4 nitrogen and oxygen atoms in total. The monoisotopic (exact) mass is 402 g/mol. The molecular weight excluding hydrogens is 380 g/mol. The third-order valence-corrected chi connectivity index (χ3v) is 4.14. The molecule has 0 saturated carbocycles. The maximum Gasteiger partial charge on any atom is 0.253 e. The highest BCUT2D eigenvalue weighted by molar-refractivity contribution is 9.10. The van der Waals surface area contributed by atoms with E-state index in [1.807, 2.05) is 44.2 Å². The second-order valence-electron chi connectivity index (χ2n) is 6.33. The molecule has 132 valence electrons. The fourth-order valence-corrected chi connectivity index (χ4v) is 2.79. The number of para-hydroxylation sites is 1. The van der Waals surface area contributed by atoms with E-state index >= 15 is 0 Å². The van der Waals surface area contributed by atoms with Gasteiger partial charge in [-0.05, 0) is 42.2 Å². The average molecular weight is 403 g/mol. The van der Waals surface area contributed by atoms with Crippen molar-refractivity contribution in [1.82, 2.24) is 5.32 Å². The van der Waals surface area contributed by atoms with E-state index in [1.54, 1.807) is 18.2 Å². The molecule has 0 aromatic heterocycles. The molecule has 0 spiro atoms. The molecule has 0 heterocycles. The normalized spacial score (nSPS) is 10.6. The molecule has 2 aromatic carbocycles. The van der Waals surface area contributed by atoms with Crippen LogP contribution in [-0.4, -0.2) is 18.4 Å². The number of benzene rings is 2. The highest BCUT2D eigenvalue weighted by Gasteiger charge is 2.13. The minimum atomic E-state index is -0.170. The number of anilines is 1. The van der Waals surface area contributed by atoms with Gasteiger partial charge < -0.3 is 10.6 Å². The number of hydrogen-bond acceptors (Lipinski definition) is 2. The van der Waals surface area contributed by atoms with Gasteiger partial charge in [0, 0.05) is 17.4 Å². The Labute approximate surface area is 157 Å². The number of halogens is 1. The Hall–Kier alpha value is -2.14. The van der Waals surface area contributed by atoms with Crippen LogP contribution in [0.2, 0.25) is 0 Å². The number of rotatable bonds is 7. The molecule has 2 aromatic rings. The molecule has 0 radical (unpaired) electrons. The summed E-state index contributed by atoms with van der Waals surface area (Å²) >= 11 is 3.43. The van der Waals surface area contributed by atoms with Crippen molar-refractivity contribution in [3.05, 3.63) is 64.1 Å². The molecule has 0 atom stereocenters. The van der Waals surface area contributed by atoms with E-state index in [1.165, 1.54) is 0 Å². The molecule has 0 aliphatic carbocycles. The lowest BCUT2D eigenvalue weighted by atomic mass is 10.1. The van der Waals surface area contributed by atoms with Crippen molar-refractivity contribution < 1.29 is 9.59 Å². The van der Waals surface area contributed by atoms with Crippen molar-refractivity contribution in [2.24, 2.45) is 5.92 Å². The number of carbonyl (C=O) groups is 2. The van der Waals surface area contributed by atoms with Gasteiger partial charge in [0.15, 0.2) is 0 Å². The van der Waals surface area contributed by atoms with Crippen LogP contribution < -0.4 is 10.6 Å². The third kappa shape index (κ3) is 6.35. The van der Waals surface area contributed by atoms with Crippen LogP contribution in [0.4, 0.5) is 5.69 Å². The summed E-state index contributed by atoms with van der Waals surface area (Å²) in [5, 5.41) is 5.73. The zero-order valence-corrected chi connectivity index (χ0v) is 16.1. The van der Waals surface area contributed by atoms with Crippen molar-refractivity contribution >= 4 is 33.4 Å². The van der Waals surface area contributed by atoms with Gasteiger partial charge in [-0.1, -0.05) is 54.0 Å². The number of nitrogens with one attached hydrogen (secondary N) is 2. The molecule has 2 N–H and O–H groups in total. The van der Waals surface area contributed by atoms with Crippen molar-refractivity contribution in [2.75, 3.05) is 11.9 Å². The fourth-order valence-electron chi connectivity index (χ4n) is 2.35. The summed E-state index contributed by atoms with van der Waals surface area (Å²) in [6.07, 6.45) is 1.01. The highest BCUT2D eigenvalue weighted by Crippen LogP contribution is 2.17. The highest BCUT2D eigenvalue weighted by atomic mass is 79.9. The number of amides is 2. The summed E-state index contributed by atoms with van der Waals surface area (Å²) in [6.45, 7) is 4.68. The second-order valence-corrected chi connectivity index (χ2v) is 7.24. The Bertz CT molecular complexity index is 744. The van der Waals surface area contributed by atoms with Crippen LogP contribution >= 0.6 is 15.9 Å². The van der Waals surface area contributed by atoms with E-state index in [4.69, 9.17) is 0 Å². The summed E-state index contributed by atoms with van der Waals surface area (Å²) in [5.74, 6) is 0.0941. The Balaban J connectivity index is 1.97. The first-order chi connectivity index (χ1) is 12.0. The summed E-state index contributed by atoms with van der Waals surface area (Å²) in [6, 6.07) is 15.0. The van der Waals surface area contributed by atoms with Crippen molar-refractivity contribution in [3.8, 4) is 0 Å². The second kappa shape index (κ2) is 9.37. The van der Waals surface area contributed by atoms with Crippen LogP contribution in [0.5, 0.6) is 0 Å². The molecule has 0 saturated heterocycles. The predicted molar refractivity (Wildman–Crippen MR) is 105 cm³/mol. The number of aryl methyl sites for hydroxylation is 1. The first kappa shape index (κ1) is 19.2. The first-order valence-electron chi connectivity index (χ1n) is 8.37. The van der Waals surface area contributed by atoms with E-state index in [9.17, 15) is 9.59 Å². The smallest absolute Gasteiger partial charge is 0.253 e. The standard InChI is InChI=1S/C20H23BrN2O2/c1-14(2)13-22-20(25)17-8-3-4-9-18(17)23-19(24)11-10-15-6-5-7-16(21)12-15/h3-9,12,14H,10-11,13H2,1-2H3,(H,22,25)(H,23,24). The van der Waals surface area contributed by atoms with Gasteiger partial charge in [-0.2, -0.15) is 0 Å². The van der Waals surface area contributed by atoms with Crippen LogP contribution in [0.1, 0.15) is 36.2 Å². The molecule has 0 aliphatic heterocycles. The molecular formula is C20H23BrN2O2. The van der Waals surface area contributed by atoms with E-state index in [0.29, 0.717) is 36.6 Å². The van der Waals surface area contributed by atoms with Crippen LogP contribution in [0, 0.1) is 5.92 Å². The number of carbonyl (C=O) groups excluding carboxylic acids is 2. The summed E-state index contributed by atoms with van der Waals surface area (Å²) < 4.78 is 0.998. The van der Waals surface area contributed by atoms with E-state index in [0.717, 1.165) is 10.0 Å². The van der Waals surface area contributed by atoms with Gasteiger partial charge in [-0.3, -0.25) is 9.59 Å². The maximum absolute atomic E-state index is 12.3. The van der Waals surface area contributed by atoms with Crippen LogP contribution in [0.25, 0.3) is 0 Å². The van der Waals surface area contributed by atoms with Gasteiger partial charge in [0.1, 0.15) is 0 Å². The topological polar surface area (TPSA) is 58.2 Å². The summed E-state index contributed by atoms with van der Waals surface area (Å²) in [4.78, 5) is 24.6. The minimum Gasteiger partial charge on any atom is -0.352 e. The summed E-state index contributed by atoms with van der Waals surface area (Å²) in [5.41, 5.74) is 2.12. The molecule has 2 rings (SSSR count). The van der Waals surface area contributed by atoms with Crippen LogP contribution in [-0.2, 0) is 11.2 Å². The lowest BCUT2D eigenvalue weighted by Crippen LogP contribution is -2.28. The fraction of sp³-hybridized carbons (Fsp3) is 0.300. The predicted octanol–water partition coefficient (Wildman–Crippen LogP) is 4.41. The van der Waals surface area contributed by atoms with Crippen LogP contribution in [0.3, 0.4) is 0 Å². The lowest BCUT2D eigenvalue weighted by molar-refractivity contribution is -0.116. The molecule has 5 heteroatoms. The van der Waals surface area contributed by atoms with E-state index in [-0.39, 0.29) is 11.8 Å². The van der Waals surface area contributed by atoms with Crippen molar-refractivity contribution in [1.29, 1.82) is 0 Å². The van der Waals surface area contributed by atoms with Gasteiger partial charge in [-0.25, -0.2) is 0 Å². The molecule has 0 unspecified atom stereocenters. The minimum absolute atomic E-state index is 0.107. The van der Waals surface area contributed by atoms with Gasteiger partial charge in [0.25, 0.3) is 5.91 Å². The van der Waals surface area contributed by atoms with E-state index < -0.39 is 0 Å². The molecule has 0 bridgehead atoms. The zero-order valence-electron chi connectivity index (χ0n) is 14.5. The summed E-state index contributed by atoms with van der Waals surface area (Å²) in [7, 11) is 0. The van der Waals surface area contributed by atoms with Crippen molar-refractivity contribution in [2.45, 2.75) is 26.7 Å². The largest absolute Gasteiger partial charge is 0.352 e. The number of hydrogen-bond donors (Lipinski definition) is 2. The Morgan fingerprint density at radius 1 is 1.08 bits per heavy atom. The van der Waals surface area contributed by atoms with Gasteiger partial charge in [0.05, 0.1) is 11.3 Å². The Morgan fingerprint density at radius 2 is 1.84 bits per heavy atom. The van der Waals surface area contributed by atoms with Gasteiger partial charge in [0.2, 0.25) is 5.91 Å². The molecule has 0 fully saturated rings. The Kier molecular flexibility index (Phi) is 7.19. The first-order valence-corrected chi connectivity index (χ1v) is 9.16. The van der Waals surface area contributed by atoms with Gasteiger partial charge >= 0.3 is 0 Å². The maximum atomic E-state index is 12.3. The van der Waals surface area contributed by atoms with Crippen LogP contribution in [0.15, 0.2) is 53.0 Å². The molecule has 25 heavy (non-hydrogen) atoms. The zero-order chi connectivity index (χ0) is 18.2. The van der Waals surface area contributed by atoms with Crippen molar-refractivity contribution in [3.63, 3.8) is 0 Å². The molecule has 2 amide bonds. The van der Waals surface area contributed by atoms with Gasteiger partial charge in [-0.15, -0.1) is 0 Å². The third-order valence-electron chi connectivity index (χ3n) is 3.65.